The van der Waals surface area contributed by atoms with Crippen LogP contribution in [-0.2, 0) is 29.6 Å². The summed E-state index contributed by atoms with van der Waals surface area (Å²) in [6.45, 7) is 2.37. The van der Waals surface area contributed by atoms with Gasteiger partial charge in [0.25, 0.3) is 6.47 Å². The SMILES string of the molecule is CCc1ccccc1-c1nc(COC)n(C)n1.O=CO. The molecule has 108 valence electrons. The van der Waals surface area contributed by atoms with E-state index in [1.807, 2.05) is 19.2 Å². The lowest BCUT2D eigenvalue weighted by Crippen LogP contribution is -2.00. The molecular formula is C14H19N3O3. The van der Waals surface area contributed by atoms with Crippen LogP contribution in [0, 0.1) is 0 Å². The van der Waals surface area contributed by atoms with E-state index in [0.717, 1.165) is 23.6 Å². The van der Waals surface area contributed by atoms with Gasteiger partial charge in [0.05, 0.1) is 0 Å². The van der Waals surface area contributed by atoms with Gasteiger partial charge in [-0.25, -0.2) is 4.98 Å². The van der Waals surface area contributed by atoms with E-state index in [1.54, 1.807) is 11.8 Å². The maximum atomic E-state index is 8.36. The molecule has 0 bridgehead atoms. The monoisotopic (exact) mass is 277 g/mol. The standard InChI is InChI=1S/C13H17N3O.CH2O2/c1-4-10-7-5-6-8-11(10)13-14-12(9-17-3)16(2)15-13;2-1-3/h5-8H,4,9H2,1-3H3;1H,(H,2,3). The first kappa shape index (κ1) is 15.8. The van der Waals surface area contributed by atoms with Crippen molar-refractivity contribution in [1.82, 2.24) is 14.8 Å². The largest absolute Gasteiger partial charge is 0.483 e. The van der Waals surface area contributed by atoms with Crippen LogP contribution in [0.2, 0.25) is 0 Å². The van der Waals surface area contributed by atoms with E-state index in [-0.39, 0.29) is 6.47 Å². The zero-order valence-electron chi connectivity index (χ0n) is 11.9. The van der Waals surface area contributed by atoms with Crippen molar-refractivity contribution >= 4 is 6.47 Å². The minimum Gasteiger partial charge on any atom is -0.483 e. The van der Waals surface area contributed by atoms with Crippen LogP contribution < -0.4 is 0 Å². The van der Waals surface area contributed by atoms with Gasteiger partial charge in [0.15, 0.2) is 11.6 Å². The Balaban J connectivity index is 0.000000612. The second-order valence-electron chi connectivity index (χ2n) is 4.02. The Hall–Kier alpha value is -2.21. The molecule has 0 unspecified atom stereocenters. The Kier molecular flexibility index (Phi) is 6.39. The molecule has 1 aromatic carbocycles. The number of methoxy groups -OCH3 is 1. The minimum absolute atomic E-state index is 0.250. The van der Waals surface area contributed by atoms with Crippen molar-refractivity contribution in [2.45, 2.75) is 20.0 Å². The van der Waals surface area contributed by atoms with E-state index in [0.29, 0.717) is 6.61 Å². The number of carboxylic acid groups (broad SMARTS) is 1. The Morgan fingerprint density at radius 1 is 1.40 bits per heavy atom. The van der Waals surface area contributed by atoms with Crippen LogP contribution >= 0.6 is 0 Å². The molecule has 1 heterocycles. The predicted molar refractivity (Wildman–Crippen MR) is 75.2 cm³/mol. The molecular weight excluding hydrogens is 258 g/mol. The van der Waals surface area contributed by atoms with E-state index in [9.17, 15) is 0 Å². The number of ether oxygens (including phenoxy) is 1. The van der Waals surface area contributed by atoms with Crippen molar-refractivity contribution in [2.75, 3.05) is 7.11 Å². The number of benzene rings is 1. The fourth-order valence-electron chi connectivity index (χ4n) is 1.83. The summed E-state index contributed by atoms with van der Waals surface area (Å²) in [6, 6.07) is 8.23. The van der Waals surface area contributed by atoms with Crippen LogP contribution in [0.25, 0.3) is 11.4 Å². The Morgan fingerprint density at radius 2 is 2.05 bits per heavy atom. The molecule has 0 amide bonds. The van der Waals surface area contributed by atoms with E-state index in [4.69, 9.17) is 14.6 Å². The predicted octanol–water partition coefficient (Wildman–Crippen LogP) is 1.89. The third kappa shape index (κ3) is 3.89. The van der Waals surface area contributed by atoms with Crippen molar-refractivity contribution in [3.63, 3.8) is 0 Å². The normalized spacial score (nSPS) is 9.75. The quantitative estimate of drug-likeness (QED) is 0.863. The fraction of sp³-hybridized carbons (Fsp3) is 0.357. The number of hydrogen-bond donors (Lipinski definition) is 1. The van der Waals surface area contributed by atoms with Gasteiger partial charge in [-0.1, -0.05) is 31.2 Å². The summed E-state index contributed by atoms with van der Waals surface area (Å²) >= 11 is 0. The highest BCUT2D eigenvalue weighted by Crippen LogP contribution is 2.21. The third-order valence-corrected chi connectivity index (χ3v) is 2.77. The van der Waals surface area contributed by atoms with E-state index >= 15 is 0 Å². The first-order valence-corrected chi connectivity index (χ1v) is 6.22. The van der Waals surface area contributed by atoms with Gasteiger partial charge < -0.3 is 9.84 Å². The van der Waals surface area contributed by atoms with Crippen molar-refractivity contribution in [2.24, 2.45) is 7.05 Å². The molecule has 0 saturated carbocycles. The second-order valence-corrected chi connectivity index (χ2v) is 4.02. The fourth-order valence-corrected chi connectivity index (χ4v) is 1.83. The number of aryl methyl sites for hydroxylation is 2. The van der Waals surface area contributed by atoms with Crippen LogP contribution in [0.5, 0.6) is 0 Å². The van der Waals surface area contributed by atoms with Crippen LogP contribution in [-0.4, -0.2) is 33.5 Å². The van der Waals surface area contributed by atoms with Gasteiger partial charge in [-0.3, -0.25) is 9.48 Å². The summed E-state index contributed by atoms with van der Waals surface area (Å²) in [5.41, 5.74) is 2.37. The van der Waals surface area contributed by atoms with Crippen LogP contribution in [0.4, 0.5) is 0 Å². The molecule has 0 aliphatic heterocycles. The summed E-state index contributed by atoms with van der Waals surface area (Å²) in [6.07, 6.45) is 0.980. The van der Waals surface area contributed by atoms with Crippen molar-refractivity contribution in [3.05, 3.63) is 35.7 Å². The Labute approximate surface area is 118 Å². The zero-order valence-corrected chi connectivity index (χ0v) is 11.9. The van der Waals surface area contributed by atoms with Crippen molar-refractivity contribution in [3.8, 4) is 11.4 Å². The molecule has 0 aliphatic rings. The molecule has 6 nitrogen and oxygen atoms in total. The molecule has 2 aromatic rings. The number of hydrogen-bond acceptors (Lipinski definition) is 4. The molecule has 1 aromatic heterocycles. The Morgan fingerprint density at radius 3 is 2.65 bits per heavy atom. The molecule has 0 atom stereocenters. The average molecular weight is 277 g/mol. The van der Waals surface area contributed by atoms with Crippen LogP contribution in [0.3, 0.4) is 0 Å². The van der Waals surface area contributed by atoms with Crippen LogP contribution in [0.1, 0.15) is 18.3 Å². The molecule has 0 saturated heterocycles. The smallest absolute Gasteiger partial charge is 0.290 e. The molecule has 6 heteroatoms. The molecule has 0 radical (unpaired) electrons. The lowest BCUT2D eigenvalue weighted by Gasteiger charge is -2.02. The van der Waals surface area contributed by atoms with Gasteiger partial charge >= 0.3 is 0 Å². The van der Waals surface area contributed by atoms with Gasteiger partial charge in [0.1, 0.15) is 6.61 Å². The zero-order chi connectivity index (χ0) is 15.0. The third-order valence-electron chi connectivity index (χ3n) is 2.77. The second kappa shape index (κ2) is 8.06. The van der Waals surface area contributed by atoms with Gasteiger partial charge in [-0.15, -0.1) is 0 Å². The highest BCUT2D eigenvalue weighted by molar-refractivity contribution is 5.59. The molecule has 0 fully saturated rings. The number of carbonyl (C=O) groups is 1. The van der Waals surface area contributed by atoms with Crippen molar-refractivity contribution in [1.29, 1.82) is 0 Å². The summed E-state index contributed by atoms with van der Waals surface area (Å²) in [5, 5.41) is 11.3. The van der Waals surface area contributed by atoms with Crippen LogP contribution in [0.15, 0.2) is 24.3 Å². The molecule has 0 spiro atoms. The number of aromatic nitrogens is 3. The minimum atomic E-state index is -0.250. The topological polar surface area (TPSA) is 77.2 Å². The summed E-state index contributed by atoms with van der Waals surface area (Å²) in [5.74, 6) is 1.62. The molecule has 20 heavy (non-hydrogen) atoms. The summed E-state index contributed by atoms with van der Waals surface area (Å²) in [4.78, 5) is 12.9. The maximum Gasteiger partial charge on any atom is 0.290 e. The summed E-state index contributed by atoms with van der Waals surface area (Å²) in [7, 11) is 3.55. The Bertz CT molecular complexity index is 552. The lowest BCUT2D eigenvalue weighted by molar-refractivity contribution is -0.122. The molecule has 2 rings (SSSR count). The first-order valence-electron chi connectivity index (χ1n) is 6.22. The van der Waals surface area contributed by atoms with E-state index < -0.39 is 0 Å². The number of rotatable bonds is 4. The highest BCUT2D eigenvalue weighted by Gasteiger charge is 2.11. The molecule has 0 aliphatic carbocycles. The van der Waals surface area contributed by atoms with Gasteiger partial charge in [0, 0.05) is 19.7 Å². The average Bonchev–Trinajstić information content (AvgIpc) is 2.81. The molecule has 1 N–H and O–H groups in total. The van der Waals surface area contributed by atoms with E-state index in [1.165, 1.54) is 5.56 Å². The lowest BCUT2D eigenvalue weighted by atomic mass is 10.1. The first-order chi connectivity index (χ1) is 9.67. The van der Waals surface area contributed by atoms with Gasteiger partial charge in [-0.2, -0.15) is 5.10 Å². The van der Waals surface area contributed by atoms with E-state index in [2.05, 4.69) is 29.1 Å². The number of nitrogens with zero attached hydrogens (tertiary/aromatic N) is 3. The van der Waals surface area contributed by atoms with Crippen molar-refractivity contribution < 1.29 is 14.6 Å². The maximum absolute atomic E-state index is 8.36. The van der Waals surface area contributed by atoms with Gasteiger partial charge in [-0.05, 0) is 12.0 Å². The summed E-state index contributed by atoms with van der Waals surface area (Å²) < 4.78 is 6.86. The highest BCUT2D eigenvalue weighted by atomic mass is 16.5. The van der Waals surface area contributed by atoms with Gasteiger partial charge in [0.2, 0.25) is 0 Å².